The Balaban J connectivity index is 1.39. The van der Waals surface area contributed by atoms with E-state index in [0.717, 1.165) is 16.0 Å². The van der Waals surface area contributed by atoms with Crippen molar-refractivity contribution >= 4 is 29.1 Å². The van der Waals surface area contributed by atoms with Crippen LogP contribution in [0, 0.1) is 0 Å². The molecule has 36 heavy (non-hydrogen) atoms. The van der Waals surface area contributed by atoms with Gasteiger partial charge < -0.3 is 20.2 Å². The molecule has 188 valence electrons. The number of thiophene rings is 1. The Morgan fingerprint density at radius 2 is 1.67 bits per heavy atom. The highest BCUT2D eigenvalue weighted by atomic mass is 32.1. The van der Waals surface area contributed by atoms with Crippen molar-refractivity contribution in [2.24, 2.45) is 0 Å². The molecule has 0 radical (unpaired) electrons. The summed E-state index contributed by atoms with van der Waals surface area (Å²) in [6.07, 6.45) is 1.85. The van der Waals surface area contributed by atoms with Gasteiger partial charge >= 0.3 is 0 Å². The highest BCUT2D eigenvalue weighted by molar-refractivity contribution is 7.09. The third kappa shape index (κ3) is 6.95. The van der Waals surface area contributed by atoms with E-state index in [9.17, 15) is 19.5 Å². The van der Waals surface area contributed by atoms with Crippen molar-refractivity contribution in [1.29, 1.82) is 0 Å². The van der Waals surface area contributed by atoms with Crippen molar-refractivity contribution in [3.05, 3.63) is 88.1 Å². The molecule has 0 aliphatic carbocycles. The Kier molecular flexibility index (Phi) is 8.73. The Labute approximate surface area is 215 Å². The molecule has 0 bridgehead atoms. The molecule has 1 fully saturated rings. The van der Waals surface area contributed by atoms with E-state index in [1.54, 1.807) is 33.3 Å². The summed E-state index contributed by atoms with van der Waals surface area (Å²) in [5, 5.41) is 14.3. The van der Waals surface area contributed by atoms with Crippen LogP contribution in [0.25, 0.3) is 0 Å². The maximum absolute atomic E-state index is 13.5. The van der Waals surface area contributed by atoms with Gasteiger partial charge in [-0.15, -0.1) is 11.3 Å². The molecule has 0 spiro atoms. The molecule has 7 nitrogen and oxygen atoms in total. The number of piperazine rings is 1. The van der Waals surface area contributed by atoms with E-state index in [2.05, 4.69) is 5.32 Å². The average molecular weight is 506 g/mol. The molecule has 1 unspecified atom stereocenters. The lowest BCUT2D eigenvalue weighted by Crippen LogP contribution is -2.61. The van der Waals surface area contributed by atoms with Gasteiger partial charge in [0.2, 0.25) is 17.7 Å². The van der Waals surface area contributed by atoms with Gasteiger partial charge in [-0.1, -0.05) is 48.5 Å². The van der Waals surface area contributed by atoms with Crippen LogP contribution in [-0.4, -0.2) is 64.8 Å². The van der Waals surface area contributed by atoms with Gasteiger partial charge in [0.25, 0.3) is 0 Å². The molecule has 3 aromatic rings. The predicted octanol–water partition coefficient (Wildman–Crippen LogP) is 3.03. The summed E-state index contributed by atoms with van der Waals surface area (Å²) in [6.45, 7) is 1.29. The topological polar surface area (TPSA) is 90.0 Å². The lowest BCUT2D eigenvalue weighted by molar-refractivity contribution is -0.157. The maximum atomic E-state index is 13.5. The van der Waals surface area contributed by atoms with Crippen LogP contribution in [0.2, 0.25) is 0 Å². The minimum absolute atomic E-state index is 0.0368. The normalized spacial score (nSPS) is 15.8. The highest BCUT2D eigenvalue weighted by Crippen LogP contribution is 2.19. The number of nitrogens with zero attached hydrogens (tertiary/aromatic N) is 2. The first-order chi connectivity index (χ1) is 17.5. The van der Waals surface area contributed by atoms with Gasteiger partial charge in [-0.2, -0.15) is 0 Å². The average Bonchev–Trinajstić information content (AvgIpc) is 3.40. The van der Waals surface area contributed by atoms with E-state index in [1.807, 2.05) is 60.0 Å². The molecular formula is C28H31N3O4S. The first-order valence-electron chi connectivity index (χ1n) is 12.2. The number of aromatic hydroxyl groups is 1. The SMILES string of the molecule is O=C(CC1C(=O)N(CCc2ccccc2)CC(=O)N1CCc1cccs1)NCCc1ccc(O)cc1. The van der Waals surface area contributed by atoms with Crippen molar-refractivity contribution in [3.8, 4) is 5.75 Å². The van der Waals surface area contributed by atoms with Crippen LogP contribution < -0.4 is 5.32 Å². The lowest BCUT2D eigenvalue weighted by Gasteiger charge is -2.40. The minimum atomic E-state index is -0.810. The van der Waals surface area contributed by atoms with Crippen LogP contribution >= 0.6 is 11.3 Å². The number of benzene rings is 2. The number of amides is 3. The standard InChI is InChI=1S/C28H31N3O4S/c32-23-10-8-22(9-11-23)12-15-29-26(33)19-25-28(35)30(16-13-21-5-2-1-3-6-21)20-27(34)31(25)17-14-24-7-4-18-36-24/h1-11,18,25,32H,12-17,19-20H2,(H,29,33). The van der Waals surface area contributed by atoms with E-state index >= 15 is 0 Å². The van der Waals surface area contributed by atoms with Crippen LogP contribution in [-0.2, 0) is 33.6 Å². The minimum Gasteiger partial charge on any atom is -0.508 e. The summed E-state index contributed by atoms with van der Waals surface area (Å²) in [5.74, 6) is -0.361. The van der Waals surface area contributed by atoms with E-state index in [4.69, 9.17) is 0 Å². The van der Waals surface area contributed by atoms with Gasteiger partial charge in [-0.05, 0) is 54.0 Å². The molecule has 1 aromatic heterocycles. The number of rotatable bonds is 11. The molecule has 4 rings (SSSR count). The van der Waals surface area contributed by atoms with Crippen molar-refractivity contribution in [3.63, 3.8) is 0 Å². The van der Waals surface area contributed by atoms with E-state index in [1.165, 1.54) is 0 Å². The third-order valence-electron chi connectivity index (χ3n) is 6.36. The van der Waals surface area contributed by atoms with Crippen LogP contribution in [0.4, 0.5) is 0 Å². The van der Waals surface area contributed by atoms with Gasteiger partial charge in [-0.3, -0.25) is 14.4 Å². The molecule has 3 amide bonds. The zero-order valence-corrected chi connectivity index (χ0v) is 21.0. The molecule has 1 aliphatic heterocycles. The molecule has 2 heterocycles. The summed E-state index contributed by atoms with van der Waals surface area (Å²) >= 11 is 1.62. The highest BCUT2D eigenvalue weighted by Gasteiger charge is 2.40. The van der Waals surface area contributed by atoms with Gasteiger partial charge in [0.15, 0.2) is 0 Å². The summed E-state index contributed by atoms with van der Waals surface area (Å²) < 4.78 is 0. The van der Waals surface area contributed by atoms with Crippen molar-refractivity contribution < 1.29 is 19.5 Å². The molecule has 2 aromatic carbocycles. The number of carbonyl (C=O) groups excluding carboxylic acids is 3. The van der Waals surface area contributed by atoms with Gasteiger partial charge in [0, 0.05) is 24.5 Å². The molecule has 0 saturated carbocycles. The van der Waals surface area contributed by atoms with Crippen LogP contribution in [0.5, 0.6) is 5.75 Å². The Bertz CT molecular complexity index is 1150. The molecule has 1 aliphatic rings. The Morgan fingerprint density at radius 3 is 2.39 bits per heavy atom. The smallest absolute Gasteiger partial charge is 0.246 e. The number of hydrogen-bond donors (Lipinski definition) is 2. The molecule has 1 saturated heterocycles. The second-order valence-electron chi connectivity index (χ2n) is 8.90. The van der Waals surface area contributed by atoms with Crippen molar-refractivity contribution in [1.82, 2.24) is 15.1 Å². The summed E-state index contributed by atoms with van der Waals surface area (Å²) in [6, 6.07) is 19.9. The zero-order chi connectivity index (χ0) is 25.3. The van der Waals surface area contributed by atoms with E-state index in [0.29, 0.717) is 38.9 Å². The second-order valence-corrected chi connectivity index (χ2v) is 9.93. The van der Waals surface area contributed by atoms with E-state index in [-0.39, 0.29) is 36.4 Å². The monoisotopic (exact) mass is 505 g/mol. The quantitative estimate of drug-likeness (QED) is 0.419. The maximum Gasteiger partial charge on any atom is 0.246 e. The van der Waals surface area contributed by atoms with Crippen molar-refractivity contribution in [2.75, 3.05) is 26.2 Å². The molecule has 8 heteroatoms. The Hall–Kier alpha value is -3.65. The number of nitrogens with one attached hydrogen (secondary N) is 1. The van der Waals surface area contributed by atoms with Gasteiger partial charge in [0.05, 0.1) is 13.0 Å². The number of carbonyl (C=O) groups is 3. The molecule has 1 atom stereocenters. The molecule has 2 N–H and O–H groups in total. The lowest BCUT2D eigenvalue weighted by atomic mass is 10.0. The summed E-state index contributed by atoms with van der Waals surface area (Å²) in [4.78, 5) is 43.7. The zero-order valence-electron chi connectivity index (χ0n) is 20.1. The van der Waals surface area contributed by atoms with Crippen molar-refractivity contribution in [2.45, 2.75) is 31.7 Å². The van der Waals surface area contributed by atoms with Crippen LogP contribution in [0.1, 0.15) is 22.4 Å². The predicted molar refractivity (Wildman–Crippen MR) is 140 cm³/mol. The fourth-order valence-corrected chi connectivity index (χ4v) is 5.07. The first-order valence-corrected chi connectivity index (χ1v) is 13.1. The second kappa shape index (κ2) is 12.4. The largest absolute Gasteiger partial charge is 0.508 e. The fourth-order valence-electron chi connectivity index (χ4n) is 4.37. The van der Waals surface area contributed by atoms with E-state index < -0.39 is 6.04 Å². The summed E-state index contributed by atoms with van der Waals surface area (Å²) in [5.41, 5.74) is 2.09. The molecular weight excluding hydrogens is 474 g/mol. The fraction of sp³-hybridized carbons (Fsp3) is 0.321. The number of phenolic OH excluding ortho intramolecular Hbond substituents is 1. The van der Waals surface area contributed by atoms with Crippen LogP contribution in [0.15, 0.2) is 72.1 Å². The number of hydrogen-bond acceptors (Lipinski definition) is 5. The first kappa shape index (κ1) is 25.4. The van der Waals surface area contributed by atoms with Crippen LogP contribution in [0.3, 0.4) is 0 Å². The van der Waals surface area contributed by atoms with Gasteiger partial charge in [0.1, 0.15) is 11.8 Å². The summed E-state index contributed by atoms with van der Waals surface area (Å²) in [7, 11) is 0. The third-order valence-corrected chi connectivity index (χ3v) is 7.30. The number of phenols is 1. The Morgan fingerprint density at radius 1 is 0.917 bits per heavy atom. The van der Waals surface area contributed by atoms with Gasteiger partial charge in [-0.25, -0.2) is 0 Å².